The summed E-state index contributed by atoms with van der Waals surface area (Å²) in [6.45, 7) is 2.30. The topological polar surface area (TPSA) is 35.2 Å². The van der Waals surface area contributed by atoms with E-state index in [0.29, 0.717) is 17.9 Å². The monoisotopic (exact) mass is 181 g/mol. The van der Waals surface area contributed by atoms with Crippen molar-refractivity contribution in [1.29, 1.82) is 0 Å². The maximum Gasteiger partial charge on any atom is 0.129 e. The minimum absolute atomic E-state index is 0.0111. The molecular formula is C10H12FNO. The van der Waals surface area contributed by atoms with Gasteiger partial charge in [-0.3, -0.25) is 0 Å². The first kappa shape index (κ1) is 8.51. The molecule has 70 valence electrons. The number of ether oxygens (including phenoxy) is 1. The van der Waals surface area contributed by atoms with Crippen molar-refractivity contribution >= 4 is 0 Å². The van der Waals surface area contributed by atoms with Crippen LogP contribution in [0, 0.1) is 12.7 Å². The van der Waals surface area contributed by atoms with Gasteiger partial charge in [-0.1, -0.05) is 6.07 Å². The summed E-state index contributed by atoms with van der Waals surface area (Å²) in [5.41, 5.74) is 7.35. The van der Waals surface area contributed by atoms with E-state index in [-0.39, 0.29) is 11.9 Å². The van der Waals surface area contributed by atoms with Crippen molar-refractivity contribution in [2.24, 2.45) is 5.73 Å². The first-order chi connectivity index (χ1) is 6.20. The predicted molar refractivity (Wildman–Crippen MR) is 48.2 cm³/mol. The van der Waals surface area contributed by atoms with E-state index in [4.69, 9.17) is 10.5 Å². The van der Waals surface area contributed by atoms with Crippen molar-refractivity contribution in [1.82, 2.24) is 0 Å². The summed E-state index contributed by atoms with van der Waals surface area (Å²) in [5, 5.41) is 0. The van der Waals surface area contributed by atoms with Crippen LogP contribution in [0.4, 0.5) is 4.39 Å². The van der Waals surface area contributed by atoms with Gasteiger partial charge in [0.2, 0.25) is 0 Å². The molecule has 0 aromatic heterocycles. The normalized spacial score (nSPS) is 20.7. The Labute approximate surface area is 76.5 Å². The number of fused-ring (bicyclic) bond motifs is 1. The highest BCUT2D eigenvalue weighted by atomic mass is 19.1. The number of nitrogens with two attached hydrogens (primary N) is 1. The maximum atomic E-state index is 13.1. The third-order valence-corrected chi connectivity index (χ3v) is 2.44. The fourth-order valence-electron chi connectivity index (χ4n) is 1.62. The lowest BCUT2D eigenvalue weighted by molar-refractivity contribution is 0.265. The zero-order chi connectivity index (χ0) is 9.42. The summed E-state index contributed by atoms with van der Waals surface area (Å²) >= 11 is 0. The molecule has 0 fully saturated rings. The molecule has 3 heteroatoms. The molecule has 2 N–H and O–H groups in total. The molecule has 0 amide bonds. The van der Waals surface area contributed by atoms with Gasteiger partial charge in [-0.15, -0.1) is 0 Å². The first-order valence-electron chi connectivity index (χ1n) is 4.37. The van der Waals surface area contributed by atoms with E-state index in [1.54, 1.807) is 13.0 Å². The van der Waals surface area contributed by atoms with Gasteiger partial charge in [-0.05, 0) is 13.0 Å². The average molecular weight is 181 g/mol. The van der Waals surface area contributed by atoms with Crippen LogP contribution in [0.1, 0.15) is 23.6 Å². The van der Waals surface area contributed by atoms with Crippen LogP contribution in [0.25, 0.3) is 0 Å². The van der Waals surface area contributed by atoms with E-state index < -0.39 is 0 Å². The zero-order valence-corrected chi connectivity index (χ0v) is 7.51. The minimum Gasteiger partial charge on any atom is -0.493 e. The molecule has 1 atom stereocenters. The van der Waals surface area contributed by atoms with Crippen LogP contribution in [0.15, 0.2) is 12.1 Å². The van der Waals surface area contributed by atoms with E-state index in [9.17, 15) is 4.39 Å². The highest BCUT2D eigenvalue weighted by Gasteiger charge is 2.20. The number of hydrogen-bond donors (Lipinski definition) is 1. The number of hydrogen-bond acceptors (Lipinski definition) is 2. The van der Waals surface area contributed by atoms with E-state index in [1.807, 2.05) is 0 Å². The van der Waals surface area contributed by atoms with Gasteiger partial charge in [-0.2, -0.15) is 0 Å². The van der Waals surface area contributed by atoms with Crippen LogP contribution in [-0.2, 0) is 0 Å². The van der Waals surface area contributed by atoms with Crippen molar-refractivity contribution in [3.8, 4) is 5.75 Å². The van der Waals surface area contributed by atoms with Gasteiger partial charge in [-0.25, -0.2) is 4.39 Å². The van der Waals surface area contributed by atoms with Gasteiger partial charge < -0.3 is 10.5 Å². The Bertz CT molecular complexity index is 338. The van der Waals surface area contributed by atoms with Gasteiger partial charge in [0.25, 0.3) is 0 Å². The Balaban J connectivity index is 2.56. The fourth-order valence-corrected chi connectivity index (χ4v) is 1.62. The van der Waals surface area contributed by atoms with E-state index in [2.05, 4.69) is 0 Å². The molecule has 0 bridgehead atoms. The lowest BCUT2D eigenvalue weighted by Crippen LogP contribution is -2.21. The predicted octanol–water partition coefficient (Wildman–Crippen LogP) is 1.92. The second-order valence-electron chi connectivity index (χ2n) is 3.33. The largest absolute Gasteiger partial charge is 0.493 e. The van der Waals surface area contributed by atoms with Gasteiger partial charge in [0.1, 0.15) is 11.6 Å². The summed E-state index contributed by atoms with van der Waals surface area (Å²) in [7, 11) is 0. The Morgan fingerprint density at radius 3 is 3.08 bits per heavy atom. The van der Waals surface area contributed by atoms with Gasteiger partial charge >= 0.3 is 0 Å². The van der Waals surface area contributed by atoms with E-state index >= 15 is 0 Å². The third-order valence-electron chi connectivity index (χ3n) is 2.44. The molecule has 1 aromatic rings. The molecule has 0 unspecified atom stereocenters. The molecule has 0 saturated heterocycles. The zero-order valence-electron chi connectivity index (χ0n) is 7.51. The average Bonchev–Trinajstić information content (AvgIpc) is 2.12. The summed E-state index contributed by atoms with van der Waals surface area (Å²) in [5.74, 6) is 0.409. The van der Waals surface area contributed by atoms with Crippen molar-refractivity contribution in [3.05, 3.63) is 29.1 Å². The molecule has 1 aliphatic heterocycles. The SMILES string of the molecule is Cc1c(F)ccc2c1OCC[C@H]2N. The molecule has 2 nitrogen and oxygen atoms in total. The molecule has 1 aromatic carbocycles. The van der Waals surface area contributed by atoms with Crippen LogP contribution >= 0.6 is 0 Å². The van der Waals surface area contributed by atoms with Gasteiger partial charge in [0.05, 0.1) is 6.61 Å². The number of rotatable bonds is 0. The Hall–Kier alpha value is -1.09. The second kappa shape index (κ2) is 3.00. The maximum absolute atomic E-state index is 13.1. The summed E-state index contributed by atoms with van der Waals surface area (Å²) in [6, 6.07) is 3.15. The second-order valence-corrected chi connectivity index (χ2v) is 3.33. The highest BCUT2D eigenvalue weighted by Crippen LogP contribution is 2.34. The van der Waals surface area contributed by atoms with E-state index in [1.165, 1.54) is 6.07 Å². The summed E-state index contributed by atoms with van der Waals surface area (Å²) in [6.07, 6.45) is 0.804. The van der Waals surface area contributed by atoms with Gasteiger partial charge in [0.15, 0.2) is 0 Å². The molecule has 0 saturated carbocycles. The van der Waals surface area contributed by atoms with Crippen LogP contribution in [0.2, 0.25) is 0 Å². The Morgan fingerprint density at radius 1 is 1.54 bits per heavy atom. The van der Waals surface area contributed by atoms with Crippen molar-refractivity contribution in [2.75, 3.05) is 6.61 Å². The molecule has 13 heavy (non-hydrogen) atoms. The molecular weight excluding hydrogens is 169 g/mol. The van der Waals surface area contributed by atoms with Crippen LogP contribution < -0.4 is 10.5 Å². The number of halogens is 1. The lowest BCUT2D eigenvalue weighted by atomic mass is 9.99. The Kier molecular flexibility index (Phi) is 1.96. The third kappa shape index (κ3) is 1.29. The first-order valence-corrected chi connectivity index (χ1v) is 4.37. The smallest absolute Gasteiger partial charge is 0.129 e. The molecule has 0 spiro atoms. The van der Waals surface area contributed by atoms with Crippen molar-refractivity contribution < 1.29 is 9.13 Å². The van der Waals surface area contributed by atoms with E-state index in [0.717, 1.165) is 12.0 Å². The van der Waals surface area contributed by atoms with Crippen molar-refractivity contribution in [3.63, 3.8) is 0 Å². The van der Waals surface area contributed by atoms with Crippen LogP contribution in [-0.4, -0.2) is 6.61 Å². The highest BCUT2D eigenvalue weighted by molar-refractivity contribution is 5.44. The summed E-state index contributed by atoms with van der Waals surface area (Å²) < 4.78 is 18.5. The van der Waals surface area contributed by atoms with Crippen LogP contribution in [0.3, 0.4) is 0 Å². The standard InChI is InChI=1S/C10H12FNO/c1-6-8(11)3-2-7-9(12)4-5-13-10(6)7/h2-3,9H,4-5,12H2,1H3/t9-/m1/s1. The molecule has 2 rings (SSSR count). The number of benzene rings is 1. The van der Waals surface area contributed by atoms with Crippen LogP contribution in [0.5, 0.6) is 5.75 Å². The minimum atomic E-state index is -0.229. The lowest BCUT2D eigenvalue weighted by Gasteiger charge is -2.24. The fraction of sp³-hybridized carbons (Fsp3) is 0.400. The van der Waals surface area contributed by atoms with Gasteiger partial charge in [0, 0.05) is 23.6 Å². The Morgan fingerprint density at radius 2 is 2.31 bits per heavy atom. The van der Waals surface area contributed by atoms with Crippen molar-refractivity contribution in [2.45, 2.75) is 19.4 Å². The molecule has 1 heterocycles. The molecule has 0 radical (unpaired) electrons. The molecule has 0 aliphatic carbocycles. The summed E-state index contributed by atoms with van der Waals surface area (Å²) in [4.78, 5) is 0. The quantitative estimate of drug-likeness (QED) is 0.663. The molecule has 1 aliphatic rings.